The molecule has 0 bridgehead atoms. The van der Waals surface area contributed by atoms with Crippen molar-refractivity contribution in [2.45, 2.75) is 24.8 Å². The van der Waals surface area contributed by atoms with Gasteiger partial charge in [-0.15, -0.1) is 0 Å². The molecule has 0 spiro atoms. The van der Waals surface area contributed by atoms with Gasteiger partial charge in [0.05, 0.1) is 19.0 Å². The average Bonchev–Trinajstić information content (AvgIpc) is 2.93. The first-order valence-electron chi connectivity index (χ1n) is 6.74. The Bertz CT molecular complexity index is 753. The van der Waals surface area contributed by atoms with E-state index in [9.17, 15) is 8.42 Å². The summed E-state index contributed by atoms with van der Waals surface area (Å²) in [6.07, 6.45) is 2.99. The molecule has 1 aromatic carbocycles. The number of imidazole rings is 1. The van der Waals surface area contributed by atoms with Gasteiger partial charge in [0.1, 0.15) is 11.6 Å². The molecule has 0 amide bonds. The molecule has 1 N–H and O–H groups in total. The van der Waals surface area contributed by atoms with Gasteiger partial charge in [0.2, 0.25) is 0 Å². The third-order valence-electron chi connectivity index (χ3n) is 3.61. The largest absolute Gasteiger partial charge is 0.495 e. The quantitative estimate of drug-likeness (QED) is 0.939. The minimum absolute atomic E-state index is 0.110. The minimum atomic E-state index is -3.65. The highest BCUT2D eigenvalue weighted by atomic mass is 32.2. The first kappa shape index (κ1) is 13.9. The van der Waals surface area contributed by atoms with E-state index >= 15 is 0 Å². The number of rotatable bonds is 3. The molecule has 0 saturated heterocycles. The van der Waals surface area contributed by atoms with E-state index in [1.54, 1.807) is 20.1 Å². The first-order chi connectivity index (χ1) is 10.0. The Morgan fingerprint density at radius 3 is 2.86 bits per heavy atom. The molecular weight excluding hydrogens is 290 g/mol. The van der Waals surface area contributed by atoms with Crippen LogP contribution < -0.4 is 9.04 Å². The molecule has 21 heavy (non-hydrogen) atoms. The Labute approximate surface area is 123 Å². The number of ether oxygens (including phenoxy) is 1. The summed E-state index contributed by atoms with van der Waals surface area (Å²) in [6.45, 7) is 2.16. The standard InChI is InChI=1S/C14H17N3O3S/c1-10-15-9-13(16-10)21(18,19)17-8-4-6-11-5-3-7-12(20-2)14(11)17/h3,5,7,9H,4,6,8H2,1-2H3,(H,15,16). The summed E-state index contributed by atoms with van der Waals surface area (Å²) in [7, 11) is -2.10. The summed E-state index contributed by atoms with van der Waals surface area (Å²) in [5, 5.41) is 0.110. The summed E-state index contributed by atoms with van der Waals surface area (Å²) in [5.41, 5.74) is 1.62. The van der Waals surface area contributed by atoms with Gasteiger partial charge in [-0.1, -0.05) is 12.1 Å². The van der Waals surface area contributed by atoms with Crippen LogP contribution in [0.4, 0.5) is 5.69 Å². The van der Waals surface area contributed by atoms with E-state index < -0.39 is 10.0 Å². The van der Waals surface area contributed by atoms with Crippen LogP contribution in [-0.4, -0.2) is 32.0 Å². The maximum absolute atomic E-state index is 12.8. The molecule has 1 aliphatic rings. The van der Waals surface area contributed by atoms with E-state index in [0.717, 1.165) is 18.4 Å². The van der Waals surface area contributed by atoms with Crippen molar-refractivity contribution in [1.82, 2.24) is 9.97 Å². The molecule has 3 rings (SSSR count). The number of H-pyrrole nitrogens is 1. The zero-order valence-electron chi connectivity index (χ0n) is 12.0. The minimum Gasteiger partial charge on any atom is -0.495 e. The summed E-state index contributed by atoms with van der Waals surface area (Å²) in [6, 6.07) is 5.61. The lowest BCUT2D eigenvalue weighted by molar-refractivity contribution is 0.414. The molecule has 112 valence electrons. The van der Waals surface area contributed by atoms with Crippen molar-refractivity contribution in [1.29, 1.82) is 0 Å². The fourth-order valence-electron chi connectivity index (χ4n) is 2.63. The molecular formula is C14H17N3O3S. The van der Waals surface area contributed by atoms with Crippen molar-refractivity contribution < 1.29 is 13.2 Å². The molecule has 0 fully saturated rings. The molecule has 6 nitrogen and oxygen atoms in total. The van der Waals surface area contributed by atoms with Crippen molar-refractivity contribution in [2.24, 2.45) is 0 Å². The number of nitrogens with zero attached hydrogens (tertiary/aromatic N) is 2. The van der Waals surface area contributed by atoms with Crippen molar-refractivity contribution in [3.05, 3.63) is 35.8 Å². The van der Waals surface area contributed by atoms with E-state index in [0.29, 0.717) is 23.8 Å². The van der Waals surface area contributed by atoms with Crippen LogP contribution in [0.3, 0.4) is 0 Å². The predicted molar refractivity (Wildman–Crippen MR) is 79.2 cm³/mol. The molecule has 1 aromatic heterocycles. The van der Waals surface area contributed by atoms with Gasteiger partial charge in [-0.05, 0) is 31.4 Å². The maximum atomic E-state index is 12.8. The van der Waals surface area contributed by atoms with Gasteiger partial charge < -0.3 is 9.72 Å². The van der Waals surface area contributed by atoms with Crippen LogP contribution in [0, 0.1) is 6.92 Å². The smallest absolute Gasteiger partial charge is 0.281 e. The van der Waals surface area contributed by atoms with Gasteiger partial charge in [0, 0.05) is 6.54 Å². The number of sulfonamides is 1. The zero-order valence-corrected chi connectivity index (χ0v) is 12.8. The molecule has 0 aliphatic carbocycles. The van der Waals surface area contributed by atoms with Gasteiger partial charge >= 0.3 is 0 Å². The number of para-hydroxylation sites is 1. The van der Waals surface area contributed by atoms with Crippen LogP contribution >= 0.6 is 0 Å². The van der Waals surface area contributed by atoms with Crippen LogP contribution in [0.1, 0.15) is 17.8 Å². The molecule has 0 saturated carbocycles. The van der Waals surface area contributed by atoms with E-state index in [1.165, 1.54) is 10.5 Å². The second-order valence-electron chi connectivity index (χ2n) is 4.98. The predicted octanol–water partition coefficient (Wildman–Crippen LogP) is 1.87. The lowest BCUT2D eigenvalue weighted by Gasteiger charge is -2.31. The van der Waals surface area contributed by atoms with Crippen molar-refractivity contribution >= 4 is 15.7 Å². The Balaban J connectivity index is 2.14. The third-order valence-corrected chi connectivity index (χ3v) is 5.32. The third kappa shape index (κ3) is 2.27. The van der Waals surface area contributed by atoms with E-state index in [4.69, 9.17) is 4.74 Å². The maximum Gasteiger partial charge on any atom is 0.281 e. The molecule has 0 radical (unpaired) electrons. The molecule has 7 heteroatoms. The molecule has 2 heterocycles. The van der Waals surface area contributed by atoms with E-state index in [1.807, 2.05) is 12.1 Å². The SMILES string of the molecule is COc1cccc2c1N(S(=O)(=O)c1cnc(C)[nH]1)CCC2. The Hall–Kier alpha value is -2.02. The number of aryl methyl sites for hydroxylation is 2. The van der Waals surface area contributed by atoms with E-state index in [-0.39, 0.29) is 5.03 Å². The molecule has 2 aromatic rings. The van der Waals surface area contributed by atoms with Crippen molar-refractivity contribution in [2.75, 3.05) is 18.0 Å². The van der Waals surface area contributed by atoms with Gasteiger partial charge in [0.15, 0.2) is 5.03 Å². The van der Waals surface area contributed by atoms with Crippen LogP contribution in [0.15, 0.2) is 29.4 Å². The van der Waals surface area contributed by atoms with Crippen molar-refractivity contribution in [3.8, 4) is 5.75 Å². The highest BCUT2D eigenvalue weighted by molar-refractivity contribution is 7.92. The van der Waals surface area contributed by atoms with E-state index in [2.05, 4.69) is 9.97 Å². The Morgan fingerprint density at radius 2 is 2.19 bits per heavy atom. The second kappa shape index (κ2) is 5.07. The number of methoxy groups -OCH3 is 1. The van der Waals surface area contributed by atoms with Crippen LogP contribution in [-0.2, 0) is 16.4 Å². The number of fused-ring (bicyclic) bond motifs is 1. The van der Waals surface area contributed by atoms with Gasteiger partial charge in [-0.25, -0.2) is 4.98 Å². The summed E-state index contributed by atoms with van der Waals surface area (Å²) in [4.78, 5) is 6.78. The number of aromatic amines is 1. The zero-order chi connectivity index (χ0) is 15.0. The number of hydrogen-bond donors (Lipinski definition) is 1. The lowest BCUT2D eigenvalue weighted by Crippen LogP contribution is -2.36. The normalized spacial score (nSPS) is 14.9. The number of aromatic nitrogens is 2. The van der Waals surface area contributed by atoms with Crippen LogP contribution in [0.25, 0.3) is 0 Å². The molecule has 0 atom stereocenters. The fraction of sp³-hybridized carbons (Fsp3) is 0.357. The van der Waals surface area contributed by atoms with Gasteiger partial charge in [-0.2, -0.15) is 8.42 Å². The summed E-state index contributed by atoms with van der Waals surface area (Å²) in [5.74, 6) is 1.15. The number of anilines is 1. The number of hydrogen-bond acceptors (Lipinski definition) is 4. The van der Waals surface area contributed by atoms with Crippen LogP contribution in [0.2, 0.25) is 0 Å². The second-order valence-corrected chi connectivity index (χ2v) is 6.81. The Kier molecular flexibility index (Phi) is 3.36. The van der Waals surface area contributed by atoms with Gasteiger partial charge in [-0.3, -0.25) is 4.31 Å². The highest BCUT2D eigenvalue weighted by Gasteiger charge is 2.32. The number of benzene rings is 1. The summed E-state index contributed by atoms with van der Waals surface area (Å²) >= 11 is 0. The topological polar surface area (TPSA) is 75.3 Å². The van der Waals surface area contributed by atoms with Crippen LogP contribution in [0.5, 0.6) is 5.75 Å². The first-order valence-corrected chi connectivity index (χ1v) is 8.18. The molecule has 1 aliphatic heterocycles. The summed E-state index contributed by atoms with van der Waals surface area (Å²) < 4.78 is 32.4. The monoisotopic (exact) mass is 307 g/mol. The lowest BCUT2D eigenvalue weighted by atomic mass is 10.0. The Morgan fingerprint density at radius 1 is 1.38 bits per heavy atom. The average molecular weight is 307 g/mol. The van der Waals surface area contributed by atoms with Gasteiger partial charge in [0.25, 0.3) is 10.0 Å². The fourth-order valence-corrected chi connectivity index (χ4v) is 4.15. The van der Waals surface area contributed by atoms with Crippen molar-refractivity contribution in [3.63, 3.8) is 0 Å². The highest BCUT2D eigenvalue weighted by Crippen LogP contribution is 2.38. The number of nitrogens with one attached hydrogen (secondary N) is 1. The molecule has 0 unspecified atom stereocenters.